The Hall–Kier alpha value is -4.18. The molecule has 4 nitrogen and oxygen atoms in total. The van der Waals surface area contributed by atoms with Crippen molar-refractivity contribution in [2.45, 2.75) is 19.4 Å². The van der Waals surface area contributed by atoms with Crippen molar-refractivity contribution in [3.05, 3.63) is 138 Å². The van der Waals surface area contributed by atoms with Crippen LogP contribution in [0.1, 0.15) is 27.0 Å². The van der Waals surface area contributed by atoms with Crippen molar-refractivity contribution in [3.8, 4) is 0 Å². The predicted octanol–water partition coefficient (Wildman–Crippen LogP) is 5.44. The van der Waals surface area contributed by atoms with Crippen LogP contribution in [0.25, 0.3) is 0 Å². The van der Waals surface area contributed by atoms with Crippen molar-refractivity contribution in [2.24, 2.45) is 0 Å². The van der Waals surface area contributed by atoms with E-state index in [1.807, 2.05) is 103 Å². The number of anilines is 1. The molecule has 170 valence electrons. The second-order valence-corrected chi connectivity index (χ2v) is 8.17. The zero-order valence-corrected chi connectivity index (χ0v) is 19.1. The number of carbonyl (C=O) groups is 2. The number of hydrogen-bond acceptors (Lipinski definition) is 2. The average Bonchev–Trinajstić information content (AvgIpc) is 2.89. The van der Waals surface area contributed by atoms with Crippen LogP contribution in [0.15, 0.2) is 115 Å². The lowest BCUT2D eigenvalue weighted by Gasteiger charge is -2.23. The number of benzene rings is 4. The molecule has 0 heterocycles. The van der Waals surface area contributed by atoms with Crippen molar-refractivity contribution in [2.75, 3.05) is 11.4 Å². The maximum absolute atomic E-state index is 13.3. The Kier molecular flexibility index (Phi) is 7.86. The Morgan fingerprint density at radius 1 is 0.618 bits per heavy atom. The highest BCUT2D eigenvalue weighted by Gasteiger charge is 2.18. The summed E-state index contributed by atoms with van der Waals surface area (Å²) in [5, 5.41) is 2.99. The number of carbonyl (C=O) groups excluding carboxylic acids is 2. The lowest BCUT2D eigenvalue weighted by atomic mass is 10.1. The summed E-state index contributed by atoms with van der Waals surface area (Å²) >= 11 is 0. The normalized spacial score (nSPS) is 10.5. The number of amides is 2. The zero-order valence-electron chi connectivity index (χ0n) is 19.1. The van der Waals surface area contributed by atoms with E-state index in [-0.39, 0.29) is 11.8 Å². The standard InChI is InChI=1S/C30H28N2O2/c33-29(31-21-20-24-10-4-1-5-11-24)22-25-16-18-28(19-17-25)32(23-26-12-6-2-7-13-26)30(34)27-14-8-3-9-15-27/h1-19H,20-23H2,(H,31,33). The summed E-state index contributed by atoms with van der Waals surface area (Å²) in [7, 11) is 0. The fourth-order valence-electron chi connectivity index (χ4n) is 3.82. The van der Waals surface area contributed by atoms with Gasteiger partial charge in [0.25, 0.3) is 5.91 Å². The van der Waals surface area contributed by atoms with E-state index in [0.29, 0.717) is 25.1 Å². The van der Waals surface area contributed by atoms with E-state index in [1.54, 1.807) is 4.90 Å². The van der Waals surface area contributed by atoms with Crippen molar-refractivity contribution < 1.29 is 9.59 Å². The molecule has 0 aliphatic rings. The van der Waals surface area contributed by atoms with E-state index in [1.165, 1.54) is 5.56 Å². The summed E-state index contributed by atoms with van der Waals surface area (Å²) in [5.41, 5.74) is 4.60. The topological polar surface area (TPSA) is 49.4 Å². The van der Waals surface area contributed by atoms with Gasteiger partial charge in [-0.3, -0.25) is 9.59 Å². The third-order valence-corrected chi connectivity index (χ3v) is 5.64. The van der Waals surface area contributed by atoms with Crippen LogP contribution < -0.4 is 10.2 Å². The Morgan fingerprint density at radius 2 is 1.18 bits per heavy atom. The van der Waals surface area contributed by atoms with Crippen molar-refractivity contribution >= 4 is 17.5 Å². The van der Waals surface area contributed by atoms with Gasteiger partial charge < -0.3 is 10.2 Å². The van der Waals surface area contributed by atoms with E-state index in [4.69, 9.17) is 0 Å². The lowest BCUT2D eigenvalue weighted by molar-refractivity contribution is -0.120. The van der Waals surface area contributed by atoms with E-state index >= 15 is 0 Å². The Balaban J connectivity index is 1.42. The van der Waals surface area contributed by atoms with Gasteiger partial charge >= 0.3 is 0 Å². The van der Waals surface area contributed by atoms with Crippen molar-refractivity contribution in [3.63, 3.8) is 0 Å². The summed E-state index contributed by atoms with van der Waals surface area (Å²) in [5.74, 6) is -0.0685. The second kappa shape index (κ2) is 11.6. The summed E-state index contributed by atoms with van der Waals surface area (Å²) < 4.78 is 0. The maximum atomic E-state index is 13.3. The fraction of sp³-hybridized carbons (Fsp3) is 0.133. The molecule has 4 heteroatoms. The summed E-state index contributed by atoms with van der Waals surface area (Å²) in [4.78, 5) is 27.5. The minimum absolute atomic E-state index is 0.00909. The first-order valence-electron chi connectivity index (χ1n) is 11.5. The highest BCUT2D eigenvalue weighted by molar-refractivity contribution is 6.06. The Bertz CT molecular complexity index is 1190. The molecule has 1 N–H and O–H groups in total. The molecule has 0 unspecified atom stereocenters. The third kappa shape index (κ3) is 6.42. The van der Waals surface area contributed by atoms with Crippen LogP contribution in [-0.4, -0.2) is 18.4 Å². The SMILES string of the molecule is O=C(Cc1ccc(N(Cc2ccccc2)C(=O)c2ccccc2)cc1)NCCc1ccccc1. The number of nitrogens with zero attached hydrogens (tertiary/aromatic N) is 1. The first-order chi connectivity index (χ1) is 16.7. The Labute approximate surface area is 200 Å². The predicted molar refractivity (Wildman–Crippen MR) is 137 cm³/mol. The zero-order chi connectivity index (χ0) is 23.6. The van der Waals surface area contributed by atoms with E-state index in [9.17, 15) is 9.59 Å². The molecule has 0 aliphatic heterocycles. The third-order valence-electron chi connectivity index (χ3n) is 5.64. The molecule has 0 spiro atoms. The highest BCUT2D eigenvalue weighted by atomic mass is 16.2. The van der Waals surface area contributed by atoms with Gasteiger partial charge in [-0.2, -0.15) is 0 Å². The van der Waals surface area contributed by atoms with E-state index in [0.717, 1.165) is 23.2 Å². The van der Waals surface area contributed by atoms with Gasteiger partial charge in [-0.05, 0) is 47.4 Å². The fourth-order valence-corrected chi connectivity index (χ4v) is 3.82. The van der Waals surface area contributed by atoms with Gasteiger partial charge in [-0.1, -0.05) is 91.0 Å². The van der Waals surface area contributed by atoms with Gasteiger partial charge in [-0.15, -0.1) is 0 Å². The van der Waals surface area contributed by atoms with Gasteiger partial charge in [0.1, 0.15) is 0 Å². The van der Waals surface area contributed by atoms with E-state index < -0.39 is 0 Å². The molecule has 0 atom stereocenters. The van der Waals surface area contributed by atoms with Crippen molar-refractivity contribution in [1.82, 2.24) is 5.32 Å². The molecule has 4 rings (SSSR count). The van der Waals surface area contributed by atoms with Gasteiger partial charge in [-0.25, -0.2) is 0 Å². The molecule has 0 saturated heterocycles. The minimum Gasteiger partial charge on any atom is -0.355 e. The molecular weight excluding hydrogens is 420 g/mol. The van der Waals surface area contributed by atoms with Gasteiger partial charge in [0.05, 0.1) is 13.0 Å². The van der Waals surface area contributed by atoms with Crippen molar-refractivity contribution in [1.29, 1.82) is 0 Å². The van der Waals surface area contributed by atoms with Gasteiger partial charge in [0.15, 0.2) is 0 Å². The minimum atomic E-state index is -0.0594. The average molecular weight is 449 g/mol. The van der Waals surface area contributed by atoms with Crippen LogP contribution in [-0.2, 0) is 24.2 Å². The highest BCUT2D eigenvalue weighted by Crippen LogP contribution is 2.21. The first-order valence-corrected chi connectivity index (χ1v) is 11.5. The smallest absolute Gasteiger partial charge is 0.258 e. The number of nitrogens with one attached hydrogen (secondary N) is 1. The van der Waals surface area contributed by atoms with Crippen LogP contribution >= 0.6 is 0 Å². The van der Waals surface area contributed by atoms with Crippen LogP contribution in [0.2, 0.25) is 0 Å². The summed E-state index contributed by atoms with van der Waals surface area (Å²) in [6.07, 6.45) is 1.11. The maximum Gasteiger partial charge on any atom is 0.258 e. The first kappa shape index (κ1) is 23.0. The van der Waals surface area contributed by atoms with Gasteiger partial charge in [0.2, 0.25) is 5.91 Å². The molecule has 0 aromatic heterocycles. The molecule has 2 amide bonds. The molecule has 4 aromatic rings. The van der Waals surface area contributed by atoms with Crippen LogP contribution in [0.5, 0.6) is 0 Å². The van der Waals surface area contributed by atoms with Crippen LogP contribution in [0.4, 0.5) is 5.69 Å². The lowest BCUT2D eigenvalue weighted by Crippen LogP contribution is -2.30. The van der Waals surface area contributed by atoms with Gasteiger partial charge in [0, 0.05) is 17.8 Å². The van der Waals surface area contributed by atoms with Crippen LogP contribution in [0, 0.1) is 0 Å². The molecule has 34 heavy (non-hydrogen) atoms. The molecule has 0 radical (unpaired) electrons. The molecule has 0 bridgehead atoms. The molecule has 4 aromatic carbocycles. The second-order valence-electron chi connectivity index (χ2n) is 8.17. The number of hydrogen-bond donors (Lipinski definition) is 1. The monoisotopic (exact) mass is 448 g/mol. The number of rotatable bonds is 9. The summed E-state index contributed by atoms with van der Waals surface area (Å²) in [6, 6.07) is 37.0. The largest absolute Gasteiger partial charge is 0.355 e. The molecule has 0 saturated carbocycles. The van der Waals surface area contributed by atoms with Crippen LogP contribution in [0.3, 0.4) is 0 Å². The molecular formula is C30H28N2O2. The van der Waals surface area contributed by atoms with E-state index in [2.05, 4.69) is 17.4 Å². The molecule has 0 fully saturated rings. The summed E-state index contributed by atoms with van der Waals surface area (Å²) in [6.45, 7) is 1.07. The molecule has 0 aliphatic carbocycles. The quantitative estimate of drug-likeness (QED) is 0.371. The Morgan fingerprint density at radius 3 is 1.79 bits per heavy atom.